The Labute approximate surface area is 136 Å². The zero-order chi connectivity index (χ0) is 17.4. The average Bonchev–Trinajstić information content (AvgIpc) is 2.46. The van der Waals surface area contributed by atoms with Gasteiger partial charge in [0.2, 0.25) is 11.6 Å². The third kappa shape index (κ3) is 3.39. The number of rotatable bonds is 3. The minimum atomic E-state index is -4.62. The van der Waals surface area contributed by atoms with Gasteiger partial charge in [-0.25, -0.2) is 9.37 Å². The summed E-state index contributed by atoms with van der Waals surface area (Å²) < 4.78 is 75.1. The fraction of sp³-hybridized carbons (Fsp3) is 0.214. The second-order valence-corrected chi connectivity index (χ2v) is 5.20. The summed E-state index contributed by atoms with van der Waals surface area (Å²) in [6.45, 7) is 1.20. The molecule has 0 unspecified atom stereocenters. The van der Waals surface area contributed by atoms with Crippen LogP contribution in [-0.2, 0) is 6.18 Å². The summed E-state index contributed by atoms with van der Waals surface area (Å²) in [5, 5.41) is 0. The number of benzene rings is 1. The predicted molar refractivity (Wildman–Crippen MR) is 74.7 cm³/mol. The van der Waals surface area contributed by atoms with E-state index in [2.05, 4.69) is 20.9 Å². The molecule has 0 fully saturated rings. The first-order valence-electron chi connectivity index (χ1n) is 6.09. The molecule has 1 aromatic carbocycles. The van der Waals surface area contributed by atoms with Crippen LogP contribution in [-0.4, -0.2) is 12.1 Å². The summed E-state index contributed by atoms with van der Waals surface area (Å²) in [6.07, 6.45) is -3.79. The molecule has 0 saturated heterocycles. The normalized spacial score (nSPS) is 11.5. The smallest absolute Gasteiger partial charge is 0.433 e. The van der Waals surface area contributed by atoms with E-state index in [9.17, 15) is 22.0 Å². The Morgan fingerprint density at radius 2 is 1.78 bits per heavy atom. The fourth-order valence-corrected chi connectivity index (χ4v) is 2.20. The van der Waals surface area contributed by atoms with Crippen molar-refractivity contribution >= 4 is 15.9 Å². The number of ether oxygens (including phenoxy) is 2. The number of alkyl halides is 3. The van der Waals surface area contributed by atoms with Crippen LogP contribution in [0.25, 0.3) is 0 Å². The lowest BCUT2D eigenvalue weighted by atomic mass is 10.2. The van der Waals surface area contributed by atoms with E-state index in [4.69, 9.17) is 9.47 Å². The van der Waals surface area contributed by atoms with E-state index >= 15 is 0 Å². The maximum atomic E-state index is 13.6. The Bertz CT molecular complexity index is 749. The van der Waals surface area contributed by atoms with Crippen molar-refractivity contribution in [3.63, 3.8) is 0 Å². The maximum absolute atomic E-state index is 13.6. The van der Waals surface area contributed by atoms with Gasteiger partial charge < -0.3 is 9.47 Å². The molecule has 1 heterocycles. The van der Waals surface area contributed by atoms with Crippen LogP contribution < -0.4 is 9.47 Å². The average molecular weight is 398 g/mol. The number of aromatic nitrogens is 1. The molecule has 0 radical (unpaired) electrons. The molecule has 2 aromatic rings. The van der Waals surface area contributed by atoms with Crippen molar-refractivity contribution < 1.29 is 31.4 Å². The lowest BCUT2D eigenvalue weighted by molar-refractivity contribution is -0.141. The molecule has 0 aliphatic rings. The molecule has 9 heteroatoms. The van der Waals surface area contributed by atoms with E-state index in [0.29, 0.717) is 0 Å². The highest BCUT2D eigenvalue weighted by molar-refractivity contribution is 9.10. The third-order valence-corrected chi connectivity index (χ3v) is 3.90. The van der Waals surface area contributed by atoms with Gasteiger partial charge in [0.1, 0.15) is 5.69 Å². The summed E-state index contributed by atoms with van der Waals surface area (Å²) in [7, 11) is 1.11. The fourth-order valence-electron chi connectivity index (χ4n) is 1.83. The Balaban J connectivity index is 2.47. The molecular formula is C14H9BrF5NO2. The molecular weight excluding hydrogens is 389 g/mol. The van der Waals surface area contributed by atoms with Gasteiger partial charge in [-0.05, 0) is 40.5 Å². The van der Waals surface area contributed by atoms with Gasteiger partial charge in [0.05, 0.1) is 17.8 Å². The molecule has 0 saturated carbocycles. The molecule has 0 bridgehead atoms. The molecule has 3 nitrogen and oxygen atoms in total. The monoisotopic (exact) mass is 397 g/mol. The Morgan fingerprint density at radius 1 is 1.13 bits per heavy atom. The maximum Gasteiger partial charge on any atom is 0.433 e. The van der Waals surface area contributed by atoms with Gasteiger partial charge in [-0.2, -0.15) is 17.6 Å². The standard InChI is InChI=1S/C14H9BrF5NO2/c1-6-10(15)9(5-21-13(6)14(18,19)20)23-8-4-3-7(16)11(17)12(8)22-2/h3-5H,1-2H3. The van der Waals surface area contributed by atoms with Crippen molar-refractivity contribution in [1.29, 1.82) is 0 Å². The van der Waals surface area contributed by atoms with Crippen molar-refractivity contribution in [2.24, 2.45) is 0 Å². The van der Waals surface area contributed by atoms with Crippen LogP contribution in [0.2, 0.25) is 0 Å². The predicted octanol–water partition coefficient (Wildman–Crippen LogP) is 5.25. The largest absolute Gasteiger partial charge is 0.490 e. The molecule has 0 spiro atoms. The zero-order valence-corrected chi connectivity index (χ0v) is 13.3. The quantitative estimate of drug-likeness (QED) is 0.662. The highest BCUT2D eigenvalue weighted by Gasteiger charge is 2.35. The van der Waals surface area contributed by atoms with Crippen LogP contribution in [0.4, 0.5) is 22.0 Å². The van der Waals surface area contributed by atoms with Gasteiger partial charge in [0.25, 0.3) is 0 Å². The van der Waals surface area contributed by atoms with Crippen LogP contribution >= 0.6 is 15.9 Å². The summed E-state index contributed by atoms with van der Waals surface area (Å²) in [4.78, 5) is 3.31. The first-order chi connectivity index (χ1) is 10.7. The number of hydrogen-bond donors (Lipinski definition) is 0. The molecule has 2 rings (SSSR count). The Morgan fingerprint density at radius 3 is 2.35 bits per heavy atom. The van der Waals surface area contributed by atoms with Crippen LogP contribution in [0.5, 0.6) is 17.2 Å². The van der Waals surface area contributed by atoms with E-state index in [1.165, 1.54) is 6.92 Å². The van der Waals surface area contributed by atoms with Crippen molar-refractivity contribution in [3.8, 4) is 17.2 Å². The lowest BCUT2D eigenvalue weighted by Gasteiger charge is -2.15. The van der Waals surface area contributed by atoms with Crippen LogP contribution in [0.1, 0.15) is 11.3 Å². The third-order valence-electron chi connectivity index (χ3n) is 2.92. The lowest BCUT2D eigenvalue weighted by Crippen LogP contribution is -2.11. The summed E-state index contributed by atoms with van der Waals surface area (Å²) in [5.41, 5.74) is -1.27. The summed E-state index contributed by atoms with van der Waals surface area (Å²) >= 11 is 2.99. The molecule has 1 aromatic heterocycles. The second kappa shape index (κ2) is 6.31. The van der Waals surface area contributed by atoms with E-state index < -0.39 is 29.3 Å². The highest BCUT2D eigenvalue weighted by atomic mass is 79.9. The zero-order valence-electron chi connectivity index (χ0n) is 11.8. The van der Waals surface area contributed by atoms with Gasteiger partial charge in [-0.3, -0.25) is 0 Å². The van der Waals surface area contributed by atoms with Gasteiger partial charge >= 0.3 is 6.18 Å². The number of methoxy groups -OCH3 is 1. The van der Waals surface area contributed by atoms with Gasteiger partial charge in [0.15, 0.2) is 17.3 Å². The van der Waals surface area contributed by atoms with Gasteiger partial charge in [-0.15, -0.1) is 0 Å². The SMILES string of the molecule is COc1c(Oc2cnc(C(F)(F)F)c(C)c2Br)ccc(F)c1F. The first kappa shape index (κ1) is 17.5. The minimum absolute atomic E-state index is 0.00777. The van der Waals surface area contributed by atoms with Crippen molar-refractivity contribution in [1.82, 2.24) is 4.98 Å². The summed E-state index contributed by atoms with van der Waals surface area (Å²) in [6, 6.07) is 1.90. The molecule has 0 atom stereocenters. The van der Waals surface area contributed by atoms with Crippen molar-refractivity contribution in [2.45, 2.75) is 13.1 Å². The number of halogens is 6. The minimum Gasteiger partial charge on any atom is -0.490 e. The molecule has 0 aliphatic carbocycles. The topological polar surface area (TPSA) is 31.4 Å². The van der Waals surface area contributed by atoms with Crippen LogP contribution in [0.3, 0.4) is 0 Å². The first-order valence-corrected chi connectivity index (χ1v) is 6.88. The van der Waals surface area contributed by atoms with Crippen LogP contribution in [0, 0.1) is 18.6 Å². The number of hydrogen-bond acceptors (Lipinski definition) is 3. The van der Waals surface area contributed by atoms with Gasteiger partial charge in [-0.1, -0.05) is 0 Å². The van der Waals surface area contributed by atoms with Crippen molar-refractivity contribution in [2.75, 3.05) is 7.11 Å². The second-order valence-electron chi connectivity index (χ2n) is 4.40. The van der Waals surface area contributed by atoms with E-state index in [0.717, 1.165) is 25.4 Å². The van der Waals surface area contributed by atoms with E-state index in [1.807, 2.05) is 0 Å². The van der Waals surface area contributed by atoms with Gasteiger partial charge in [0, 0.05) is 0 Å². The Kier molecular flexibility index (Phi) is 4.79. The molecule has 124 valence electrons. The molecule has 0 aliphatic heterocycles. The number of pyridine rings is 1. The molecule has 0 N–H and O–H groups in total. The molecule has 0 amide bonds. The highest BCUT2D eigenvalue weighted by Crippen LogP contribution is 2.41. The van der Waals surface area contributed by atoms with Crippen LogP contribution in [0.15, 0.2) is 22.8 Å². The number of nitrogens with zero attached hydrogens (tertiary/aromatic N) is 1. The Hall–Kier alpha value is -1.90. The molecule has 23 heavy (non-hydrogen) atoms. The van der Waals surface area contributed by atoms with E-state index in [-0.39, 0.29) is 21.5 Å². The van der Waals surface area contributed by atoms with Crippen molar-refractivity contribution in [3.05, 3.63) is 45.7 Å². The summed E-state index contributed by atoms with van der Waals surface area (Å²) in [5.74, 6) is -3.21. The van der Waals surface area contributed by atoms with E-state index in [1.54, 1.807) is 0 Å².